The molecule has 0 radical (unpaired) electrons. The minimum absolute atomic E-state index is 0.0409. The average molecular weight is 516 g/mol. The number of carbonyl (C=O) groups is 1. The molecule has 6 rings (SSSR count). The summed E-state index contributed by atoms with van der Waals surface area (Å²) in [7, 11) is 0. The molecule has 1 amide bonds. The van der Waals surface area contributed by atoms with Crippen LogP contribution in [0.5, 0.6) is 0 Å². The van der Waals surface area contributed by atoms with Gasteiger partial charge >= 0.3 is 0 Å². The third-order valence-corrected chi connectivity index (χ3v) is 7.81. The quantitative estimate of drug-likeness (QED) is 0.452. The molecule has 0 unspecified atom stereocenters. The Morgan fingerprint density at radius 3 is 2.55 bits per heavy atom. The lowest BCUT2D eigenvalue weighted by molar-refractivity contribution is 0.0793. The molecule has 11 heteroatoms. The van der Waals surface area contributed by atoms with Gasteiger partial charge in [0.1, 0.15) is 23.5 Å². The van der Waals surface area contributed by atoms with Gasteiger partial charge in [-0.3, -0.25) is 4.79 Å². The smallest absolute Gasteiger partial charge is 0.257 e. The minimum atomic E-state index is -0.443. The Morgan fingerprint density at radius 2 is 1.79 bits per heavy atom. The Labute approximate surface area is 221 Å². The third-order valence-electron chi connectivity index (χ3n) is 7.81. The van der Waals surface area contributed by atoms with E-state index in [1.807, 2.05) is 23.1 Å². The number of hydrogen-bond acceptors (Lipinski definition) is 9. The Kier molecular flexibility index (Phi) is 6.72. The summed E-state index contributed by atoms with van der Waals surface area (Å²) in [5.74, 6) is 1.88. The van der Waals surface area contributed by atoms with Crippen LogP contribution >= 0.6 is 0 Å². The Hall–Kier alpha value is -3.91. The van der Waals surface area contributed by atoms with E-state index in [4.69, 9.17) is 4.98 Å². The van der Waals surface area contributed by atoms with Gasteiger partial charge in [0.25, 0.3) is 5.91 Å². The van der Waals surface area contributed by atoms with Gasteiger partial charge in [-0.05, 0) is 50.7 Å². The summed E-state index contributed by atoms with van der Waals surface area (Å²) >= 11 is 0. The van der Waals surface area contributed by atoms with Gasteiger partial charge in [-0.1, -0.05) is 12.8 Å². The van der Waals surface area contributed by atoms with Crippen LogP contribution in [0, 0.1) is 11.3 Å². The van der Waals surface area contributed by atoms with Crippen molar-refractivity contribution >= 4 is 34.7 Å². The first-order chi connectivity index (χ1) is 18.6. The lowest BCUT2D eigenvalue weighted by Gasteiger charge is -2.28. The third kappa shape index (κ3) is 4.72. The van der Waals surface area contributed by atoms with Gasteiger partial charge in [0.15, 0.2) is 11.3 Å². The summed E-state index contributed by atoms with van der Waals surface area (Å²) in [6.07, 6.45) is 8.95. The second-order valence-electron chi connectivity index (χ2n) is 10.4. The average Bonchev–Trinajstić information content (AvgIpc) is 3.72. The molecule has 3 aromatic rings. The zero-order valence-electron chi connectivity index (χ0n) is 21.4. The van der Waals surface area contributed by atoms with Crippen LogP contribution in [0.25, 0.3) is 5.65 Å². The van der Waals surface area contributed by atoms with Crippen LogP contribution in [0.3, 0.4) is 0 Å². The van der Waals surface area contributed by atoms with Crippen LogP contribution < -0.4 is 15.5 Å². The fourth-order valence-electron chi connectivity index (χ4n) is 5.76. The van der Waals surface area contributed by atoms with Crippen molar-refractivity contribution in [3.63, 3.8) is 0 Å². The van der Waals surface area contributed by atoms with Crippen LogP contribution in [0.4, 0.5) is 23.1 Å². The summed E-state index contributed by atoms with van der Waals surface area (Å²) in [6.45, 7) is 3.33. The van der Waals surface area contributed by atoms with Crippen molar-refractivity contribution in [1.29, 1.82) is 5.26 Å². The predicted octanol–water partition coefficient (Wildman–Crippen LogP) is 3.29. The first-order valence-corrected chi connectivity index (χ1v) is 13.7. The molecule has 2 atom stereocenters. The van der Waals surface area contributed by atoms with E-state index in [2.05, 4.69) is 31.7 Å². The lowest BCUT2D eigenvalue weighted by atomic mass is 9.92. The van der Waals surface area contributed by atoms with Gasteiger partial charge in [0.2, 0.25) is 0 Å². The minimum Gasteiger partial charge on any atom is -0.391 e. The highest BCUT2D eigenvalue weighted by molar-refractivity contribution is 5.99. The molecule has 1 aliphatic carbocycles. The van der Waals surface area contributed by atoms with E-state index in [1.54, 1.807) is 0 Å². The Balaban J connectivity index is 1.35. The van der Waals surface area contributed by atoms with Crippen LogP contribution in [0.15, 0.2) is 24.4 Å². The van der Waals surface area contributed by atoms with Gasteiger partial charge in [-0.25, -0.2) is 9.97 Å². The predicted molar refractivity (Wildman–Crippen MR) is 144 cm³/mol. The van der Waals surface area contributed by atoms with Crippen molar-refractivity contribution in [2.45, 2.75) is 63.5 Å². The number of hydrogen-bond donors (Lipinski definition) is 3. The largest absolute Gasteiger partial charge is 0.391 e. The molecule has 11 nitrogen and oxygen atoms in total. The molecule has 5 heterocycles. The maximum atomic E-state index is 13.3. The van der Waals surface area contributed by atoms with Crippen LogP contribution in [-0.2, 0) is 0 Å². The molecule has 38 heavy (non-hydrogen) atoms. The van der Waals surface area contributed by atoms with E-state index in [1.165, 1.54) is 10.7 Å². The van der Waals surface area contributed by atoms with Gasteiger partial charge in [0, 0.05) is 32.2 Å². The Bertz CT molecular complexity index is 1370. The van der Waals surface area contributed by atoms with E-state index in [-0.39, 0.29) is 11.9 Å². The highest BCUT2D eigenvalue weighted by Crippen LogP contribution is 2.30. The van der Waals surface area contributed by atoms with E-state index in [0.29, 0.717) is 40.0 Å². The van der Waals surface area contributed by atoms with Crippen molar-refractivity contribution in [2.75, 3.05) is 41.7 Å². The molecular formula is C27H33N9O2. The normalized spacial score (nSPS) is 21.6. The summed E-state index contributed by atoms with van der Waals surface area (Å²) < 4.78 is 1.51. The summed E-state index contributed by atoms with van der Waals surface area (Å²) in [6, 6.07) is 7.57. The SMILES string of the molecule is N#Cc1cnc2c(Nc3ccc(C(=O)N4CCCC4)c(N4CCCC4)n3)cc(N[C@@H]3CCCC[C@H]3O)nn12. The second-order valence-corrected chi connectivity index (χ2v) is 10.4. The van der Waals surface area contributed by atoms with Crippen molar-refractivity contribution in [3.05, 3.63) is 35.7 Å². The van der Waals surface area contributed by atoms with Gasteiger partial charge < -0.3 is 25.5 Å². The molecule has 0 aromatic carbocycles. The van der Waals surface area contributed by atoms with E-state index < -0.39 is 6.10 Å². The number of aromatic nitrogens is 4. The maximum absolute atomic E-state index is 13.3. The summed E-state index contributed by atoms with van der Waals surface area (Å²) in [4.78, 5) is 26.8. The van der Waals surface area contributed by atoms with Crippen molar-refractivity contribution in [3.8, 4) is 6.07 Å². The number of nitrogens with zero attached hydrogens (tertiary/aromatic N) is 7. The summed E-state index contributed by atoms with van der Waals surface area (Å²) in [5, 5.41) is 31.4. The number of amides is 1. The standard InChI is InChI=1S/C27H33N9O2/c28-16-18-17-29-26-21(15-24(33-36(18)26)30-20-7-1-2-8-22(20)37)31-23-10-9-19(27(38)35-13-5-6-14-35)25(32-23)34-11-3-4-12-34/h9-10,15,17,20,22,37H,1-8,11-14H2,(H,30,33)(H,31,32)/t20-,22-/m1/s1. The van der Waals surface area contributed by atoms with Gasteiger partial charge in [-0.2, -0.15) is 9.78 Å². The molecule has 0 bridgehead atoms. The molecule has 3 aromatic heterocycles. The molecule has 2 aliphatic heterocycles. The lowest BCUT2D eigenvalue weighted by Crippen LogP contribution is -2.36. The Morgan fingerprint density at radius 1 is 1.03 bits per heavy atom. The highest BCUT2D eigenvalue weighted by Gasteiger charge is 2.27. The number of aliphatic hydroxyl groups is 1. The number of rotatable bonds is 6. The van der Waals surface area contributed by atoms with Crippen molar-refractivity contribution < 1.29 is 9.90 Å². The van der Waals surface area contributed by atoms with Crippen molar-refractivity contribution in [1.82, 2.24) is 24.5 Å². The number of fused-ring (bicyclic) bond motifs is 1. The second kappa shape index (κ2) is 10.5. The number of nitrogens with one attached hydrogen (secondary N) is 2. The maximum Gasteiger partial charge on any atom is 0.257 e. The van der Waals surface area contributed by atoms with Gasteiger partial charge in [-0.15, -0.1) is 5.10 Å². The molecule has 3 N–H and O–H groups in total. The fourth-order valence-corrected chi connectivity index (χ4v) is 5.76. The van der Waals surface area contributed by atoms with Crippen LogP contribution in [0.1, 0.15) is 67.4 Å². The molecule has 198 valence electrons. The molecular weight excluding hydrogens is 482 g/mol. The zero-order valence-corrected chi connectivity index (χ0v) is 21.4. The monoisotopic (exact) mass is 515 g/mol. The first-order valence-electron chi connectivity index (χ1n) is 13.7. The number of nitriles is 1. The molecule has 2 saturated heterocycles. The molecule has 1 saturated carbocycles. The van der Waals surface area contributed by atoms with E-state index >= 15 is 0 Å². The number of likely N-dealkylation sites (tertiary alicyclic amines) is 1. The van der Waals surface area contributed by atoms with E-state index in [9.17, 15) is 15.2 Å². The van der Waals surface area contributed by atoms with Gasteiger partial charge in [0.05, 0.1) is 29.6 Å². The van der Waals surface area contributed by atoms with Crippen LogP contribution in [0.2, 0.25) is 0 Å². The highest BCUT2D eigenvalue weighted by atomic mass is 16.3. The number of anilines is 4. The van der Waals surface area contributed by atoms with Crippen molar-refractivity contribution in [2.24, 2.45) is 0 Å². The number of pyridine rings is 1. The summed E-state index contributed by atoms with van der Waals surface area (Å²) in [5.41, 5.74) is 2.08. The molecule has 3 fully saturated rings. The zero-order chi connectivity index (χ0) is 26.1. The molecule has 3 aliphatic rings. The topological polar surface area (TPSA) is 135 Å². The molecule has 0 spiro atoms. The first kappa shape index (κ1) is 24.4. The number of aliphatic hydroxyl groups excluding tert-OH is 1. The number of carbonyl (C=O) groups excluding carboxylic acids is 1. The van der Waals surface area contributed by atoms with Crippen LogP contribution in [-0.4, -0.2) is 73.8 Å². The van der Waals surface area contributed by atoms with E-state index in [0.717, 1.165) is 77.5 Å². The fraction of sp³-hybridized carbons (Fsp3) is 0.519. The number of imidazole rings is 1.